The van der Waals surface area contributed by atoms with Crippen LogP contribution in [0.4, 0.5) is 4.39 Å². The number of H-pyrrole nitrogens is 1. The predicted octanol–water partition coefficient (Wildman–Crippen LogP) is 5.00. The van der Waals surface area contributed by atoms with Crippen LogP contribution in [0.25, 0.3) is 16.6 Å². The van der Waals surface area contributed by atoms with Gasteiger partial charge in [0.15, 0.2) is 5.78 Å². The van der Waals surface area contributed by atoms with E-state index >= 15 is 0 Å². The van der Waals surface area contributed by atoms with E-state index in [2.05, 4.69) is 16.5 Å². The maximum atomic E-state index is 13.1. The van der Waals surface area contributed by atoms with E-state index in [0.29, 0.717) is 11.5 Å². The predicted molar refractivity (Wildman–Crippen MR) is 117 cm³/mol. The highest BCUT2D eigenvalue weighted by atomic mass is 19.1. The average Bonchev–Trinajstić information content (AvgIpc) is 3.18. The Morgan fingerprint density at radius 1 is 1.13 bits per heavy atom. The molecule has 0 saturated carbocycles. The standard InChI is InChI=1S/C25H25FN2O2/c1-16(20-5-8-24-22(14-20)23(15-27-24)25(30)17(2)29)28-11-9-19(10-12-28)13-18-3-6-21(26)7-4-18/h3-8,14-15,19,27H,1,9-13H2,2H3. The molecule has 154 valence electrons. The number of piperidine rings is 1. The zero-order valence-electron chi connectivity index (χ0n) is 17.1. The first kappa shape index (κ1) is 20.1. The zero-order valence-corrected chi connectivity index (χ0v) is 17.1. The van der Waals surface area contributed by atoms with Gasteiger partial charge in [0.25, 0.3) is 0 Å². The molecule has 1 aromatic heterocycles. The summed E-state index contributed by atoms with van der Waals surface area (Å²) in [5, 5.41) is 0.750. The first-order valence-corrected chi connectivity index (χ1v) is 10.3. The normalized spacial score (nSPS) is 14.8. The molecule has 0 spiro atoms. The summed E-state index contributed by atoms with van der Waals surface area (Å²) in [6, 6.07) is 12.6. The third-order valence-electron chi connectivity index (χ3n) is 6.01. The summed E-state index contributed by atoms with van der Waals surface area (Å²) in [6.07, 6.45) is 4.67. The van der Waals surface area contributed by atoms with Crippen molar-refractivity contribution in [1.82, 2.24) is 9.88 Å². The topological polar surface area (TPSA) is 53.2 Å². The minimum atomic E-state index is -0.481. The number of aromatic nitrogens is 1. The minimum absolute atomic E-state index is 0.197. The second-order valence-corrected chi connectivity index (χ2v) is 8.06. The van der Waals surface area contributed by atoms with Gasteiger partial charge in [0.05, 0.1) is 5.56 Å². The van der Waals surface area contributed by atoms with Crippen LogP contribution >= 0.6 is 0 Å². The lowest BCUT2D eigenvalue weighted by Gasteiger charge is -2.35. The van der Waals surface area contributed by atoms with Crippen molar-refractivity contribution in [2.45, 2.75) is 26.2 Å². The van der Waals surface area contributed by atoms with Crippen LogP contribution in [-0.4, -0.2) is 34.5 Å². The van der Waals surface area contributed by atoms with Crippen molar-refractivity contribution in [2.75, 3.05) is 13.1 Å². The Labute approximate surface area is 175 Å². The molecule has 4 rings (SSSR count). The fourth-order valence-electron chi connectivity index (χ4n) is 4.22. The van der Waals surface area contributed by atoms with Gasteiger partial charge in [-0.05, 0) is 60.6 Å². The van der Waals surface area contributed by atoms with Crippen LogP contribution in [0, 0.1) is 11.7 Å². The fraction of sp³-hybridized carbons (Fsp3) is 0.280. The Morgan fingerprint density at radius 3 is 2.50 bits per heavy atom. The molecule has 1 N–H and O–H groups in total. The number of hydrogen-bond donors (Lipinski definition) is 1. The summed E-state index contributed by atoms with van der Waals surface area (Å²) in [5.74, 6) is -0.571. The van der Waals surface area contributed by atoms with Crippen molar-refractivity contribution >= 4 is 28.2 Å². The van der Waals surface area contributed by atoms with Gasteiger partial charge < -0.3 is 9.88 Å². The van der Waals surface area contributed by atoms with E-state index in [1.807, 2.05) is 30.3 Å². The van der Waals surface area contributed by atoms with Crippen molar-refractivity contribution in [3.63, 3.8) is 0 Å². The molecular weight excluding hydrogens is 379 g/mol. The quantitative estimate of drug-likeness (QED) is 0.464. The molecule has 1 aliphatic rings. The molecule has 0 aliphatic carbocycles. The second-order valence-electron chi connectivity index (χ2n) is 8.06. The van der Waals surface area contributed by atoms with Gasteiger partial charge in [-0.2, -0.15) is 0 Å². The highest BCUT2D eigenvalue weighted by molar-refractivity contribution is 6.45. The number of benzene rings is 2. The van der Waals surface area contributed by atoms with Crippen LogP contribution in [0.1, 0.15) is 41.3 Å². The zero-order chi connectivity index (χ0) is 21.3. The van der Waals surface area contributed by atoms with E-state index in [0.717, 1.165) is 54.5 Å². The average molecular weight is 404 g/mol. The number of hydrogen-bond acceptors (Lipinski definition) is 3. The third-order valence-corrected chi connectivity index (χ3v) is 6.01. The molecule has 1 saturated heterocycles. The Hall–Kier alpha value is -3.21. The second kappa shape index (κ2) is 8.27. The van der Waals surface area contributed by atoms with E-state index in [-0.39, 0.29) is 5.82 Å². The number of fused-ring (bicyclic) bond motifs is 1. The van der Waals surface area contributed by atoms with E-state index in [9.17, 15) is 14.0 Å². The van der Waals surface area contributed by atoms with Crippen molar-refractivity contribution in [3.05, 3.63) is 77.7 Å². The molecule has 30 heavy (non-hydrogen) atoms. The first-order valence-electron chi connectivity index (χ1n) is 10.3. The lowest BCUT2D eigenvalue weighted by Crippen LogP contribution is -2.32. The molecule has 0 bridgehead atoms. The first-order chi connectivity index (χ1) is 14.4. The molecule has 0 unspecified atom stereocenters. The van der Waals surface area contributed by atoms with Crippen LogP contribution in [0.5, 0.6) is 0 Å². The van der Waals surface area contributed by atoms with E-state index in [4.69, 9.17) is 0 Å². The molecule has 2 heterocycles. The third kappa shape index (κ3) is 4.06. The summed E-state index contributed by atoms with van der Waals surface area (Å²) in [5.41, 5.74) is 4.30. The fourth-order valence-corrected chi connectivity index (χ4v) is 4.22. The van der Waals surface area contributed by atoms with Crippen molar-refractivity contribution in [2.24, 2.45) is 5.92 Å². The number of nitrogens with zero attached hydrogens (tertiary/aromatic N) is 1. The van der Waals surface area contributed by atoms with Gasteiger partial charge in [-0.1, -0.05) is 24.8 Å². The molecule has 5 heteroatoms. The number of carbonyl (C=O) groups is 2. The maximum absolute atomic E-state index is 13.1. The number of rotatable bonds is 6. The van der Waals surface area contributed by atoms with Crippen LogP contribution in [0.15, 0.2) is 55.2 Å². The van der Waals surface area contributed by atoms with Gasteiger partial charge in [-0.15, -0.1) is 0 Å². The number of likely N-dealkylation sites (tertiary alicyclic amines) is 1. The molecular formula is C25H25FN2O2. The van der Waals surface area contributed by atoms with E-state index in [1.165, 1.54) is 24.6 Å². The van der Waals surface area contributed by atoms with Crippen molar-refractivity contribution < 1.29 is 14.0 Å². The molecule has 1 fully saturated rings. The lowest BCUT2D eigenvalue weighted by atomic mass is 9.89. The van der Waals surface area contributed by atoms with Crippen LogP contribution in [0.2, 0.25) is 0 Å². The Kier molecular flexibility index (Phi) is 5.53. The number of Topliss-reactive ketones (excluding diaryl/α,β-unsaturated/α-hetero) is 2. The van der Waals surface area contributed by atoms with Crippen molar-refractivity contribution in [1.29, 1.82) is 0 Å². The van der Waals surface area contributed by atoms with Gasteiger partial charge in [0, 0.05) is 42.8 Å². The van der Waals surface area contributed by atoms with E-state index < -0.39 is 11.6 Å². The molecule has 2 aromatic carbocycles. The van der Waals surface area contributed by atoms with Gasteiger partial charge >= 0.3 is 0 Å². The van der Waals surface area contributed by atoms with Gasteiger partial charge in [0.1, 0.15) is 5.82 Å². The largest absolute Gasteiger partial charge is 0.372 e. The Morgan fingerprint density at radius 2 is 1.83 bits per heavy atom. The number of nitrogens with one attached hydrogen (secondary N) is 1. The number of carbonyl (C=O) groups excluding carboxylic acids is 2. The van der Waals surface area contributed by atoms with Crippen LogP contribution in [-0.2, 0) is 11.2 Å². The van der Waals surface area contributed by atoms with Crippen LogP contribution in [0.3, 0.4) is 0 Å². The number of aromatic amines is 1. The molecule has 4 nitrogen and oxygen atoms in total. The van der Waals surface area contributed by atoms with Crippen LogP contribution < -0.4 is 0 Å². The van der Waals surface area contributed by atoms with Gasteiger partial charge in [-0.25, -0.2) is 4.39 Å². The van der Waals surface area contributed by atoms with Crippen molar-refractivity contribution in [3.8, 4) is 0 Å². The number of ketones is 2. The van der Waals surface area contributed by atoms with E-state index in [1.54, 1.807) is 6.20 Å². The summed E-state index contributed by atoms with van der Waals surface area (Å²) < 4.78 is 13.1. The smallest absolute Gasteiger partial charge is 0.230 e. The summed E-state index contributed by atoms with van der Waals surface area (Å²) in [4.78, 5) is 29.0. The SMILES string of the molecule is C=C(c1ccc2[nH]cc(C(=O)C(C)=O)c2c1)N1CCC(Cc2ccc(F)cc2)CC1. The minimum Gasteiger partial charge on any atom is -0.372 e. The molecule has 0 radical (unpaired) electrons. The Balaban J connectivity index is 1.44. The monoisotopic (exact) mass is 404 g/mol. The summed E-state index contributed by atoms with van der Waals surface area (Å²) >= 11 is 0. The number of halogens is 1. The molecule has 0 amide bonds. The summed E-state index contributed by atoms with van der Waals surface area (Å²) in [7, 11) is 0. The lowest BCUT2D eigenvalue weighted by molar-refractivity contribution is -0.113. The van der Waals surface area contributed by atoms with Gasteiger partial charge in [-0.3, -0.25) is 9.59 Å². The Bertz CT molecular complexity index is 1110. The molecule has 3 aromatic rings. The maximum Gasteiger partial charge on any atom is 0.230 e. The van der Waals surface area contributed by atoms with Gasteiger partial charge in [0.2, 0.25) is 5.78 Å². The highest BCUT2D eigenvalue weighted by Gasteiger charge is 2.22. The highest BCUT2D eigenvalue weighted by Crippen LogP contribution is 2.29. The molecule has 0 atom stereocenters. The molecule has 1 aliphatic heterocycles. The summed E-state index contributed by atoms with van der Waals surface area (Å²) in [6.45, 7) is 7.41.